The zero-order chi connectivity index (χ0) is 13.4. The molecule has 0 fully saturated rings. The first-order chi connectivity index (χ1) is 8.65. The Morgan fingerprint density at radius 3 is 3.00 bits per heavy atom. The van der Waals surface area contributed by atoms with E-state index in [9.17, 15) is 10.1 Å². The van der Waals surface area contributed by atoms with E-state index in [2.05, 4.69) is 27.8 Å². The molecule has 0 aliphatic rings. The zero-order valence-corrected chi connectivity index (χ0v) is 12.3. The van der Waals surface area contributed by atoms with Gasteiger partial charge in [-0.3, -0.25) is 10.1 Å². The predicted molar refractivity (Wildman–Crippen MR) is 80.0 cm³/mol. The molecule has 1 N–H and O–H groups in total. The molecule has 4 nitrogen and oxygen atoms in total. The fraction of sp³-hybridized carbons (Fsp3) is 0.333. The van der Waals surface area contributed by atoms with Gasteiger partial charge in [0, 0.05) is 40.7 Å². The molecule has 0 amide bonds. The largest absolute Gasteiger partial charge is 0.312 e. The molecule has 1 aromatic carbocycles. The van der Waals surface area contributed by atoms with E-state index in [0.29, 0.717) is 12.1 Å². The molecule has 6 heteroatoms. The first kappa shape index (κ1) is 15.2. The van der Waals surface area contributed by atoms with Gasteiger partial charge in [-0.15, -0.1) is 6.58 Å². The monoisotopic (exact) mass is 330 g/mol. The van der Waals surface area contributed by atoms with Crippen molar-refractivity contribution < 1.29 is 4.92 Å². The summed E-state index contributed by atoms with van der Waals surface area (Å²) in [5, 5.41) is 14.1. The number of benzene rings is 1. The lowest BCUT2D eigenvalue weighted by Crippen LogP contribution is -2.17. The summed E-state index contributed by atoms with van der Waals surface area (Å²) in [5.41, 5.74) is 0.854. The third-order valence-electron chi connectivity index (χ3n) is 2.21. The molecule has 0 heterocycles. The number of nitrogens with one attached hydrogen (secondary N) is 1. The molecular formula is C12H15BrN2O2S. The van der Waals surface area contributed by atoms with Gasteiger partial charge in [0.05, 0.1) is 4.92 Å². The minimum absolute atomic E-state index is 0.157. The molecule has 18 heavy (non-hydrogen) atoms. The average molecular weight is 331 g/mol. The lowest BCUT2D eigenvalue weighted by molar-refractivity contribution is -0.385. The van der Waals surface area contributed by atoms with Gasteiger partial charge in [0.25, 0.3) is 5.69 Å². The van der Waals surface area contributed by atoms with Crippen molar-refractivity contribution in [2.75, 3.05) is 18.1 Å². The molecule has 1 aromatic rings. The number of halogens is 1. The molecule has 0 atom stereocenters. The zero-order valence-electron chi connectivity index (χ0n) is 9.89. The Bertz CT molecular complexity index is 427. The molecule has 0 aliphatic heterocycles. The fourth-order valence-electron chi connectivity index (χ4n) is 1.41. The summed E-state index contributed by atoms with van der Waals surface area (Å²) in [6.45, 7) is 4.97. The van der Waals surface area contributed by atoms with Gasteiger partial charge in [0.15, 0.2) is 0 Å². The normalized spacial score (nSPS) is 10.3. The van der Waals surface area contributed by atoms with E-state index >= 15 is 0 Å². The summed E-state index contributed by atoms with van der Waals surface area (Å²) >= 11 is 5.10. The van der Waals surface area contributed by atoms with Crippen LogP contribution in [0, 0.1) is 10.1 Å². The summed E-state index contributed by atoms with van der Waals surface area (Å²) in [5.74, 6) is 1.90. The Labute approximate surface area is 119 Å². The van der Waals surface area contributed by atoms with Gasteiger partial charge in [-0.2, -0.15) is 11.8 Å². The number of rotatable bonds is 8. The van der Waals surface area contributed by atoms with Crippen LogP contribution in [-0.2, 0) is 6.54 Å². The molecule has 0 aromatic heterocycles. The van der Waals surface area contributed by atoms with Crippen LogP contribution in [0.3, 0.4) is 0 Å². The average Bonchev–Trinajstić information content (AvgIpc) is 2.33. The van der Waals surface area contributed by atoms with Crippen LogP contribution in [0.1, 0.15) is 5.56 Å². The fourth-order valence-corrected chi connectivity index (χ4v) is 2.44. The molecule has 0 saturated heterocycles. The summed E-state index contributed by atoms with van der Waals surface area (Å²) in [7, 11) is 0. The van der Waals surface area contributed by atoms with E-state index in [1.807, 2.05) is 6.08 Å². The summed E-state index contributed by atoms with van der Waals surface area (Å²) < 4.78 is 0.853. The van der Waals surface area contributed by atoms with Crippen molar-refractivity contribution in [3.05, 3.63) is 51.0 Å². The van der Waals surface area contributed by atoms with Crippen molar-refractivity contribution in [1.82, 2.24) is 5.32 Å². The second-order valence-corrected chi connectivity index (χ2v) is 5.64. The first-order valence-corrected chi connectivity index (χ1v) is 7.42. The second-order valence-electron chi connectivity index (χ2n) is 3.57. The van der Waals surface area contributed by atoms with Crippen molar-refractivity contribution in [2.24, 2.45) is 0 Å². The van der Waals surface area contributed by atoms with Crippen LogP contribution in [0.4, 0.5) is 5.69 Å². The number of nitro benzene ring substituents is 1. The number of hydrogen-bond acceptors (Lipinski definition) is 4. The van der Waals surface area contributed by atoms with Crippen molar-refractivity contribution in [1.29, 1.82) is 0 Å². The lowest BCUT2D eigenvalue weighted by Gasteiger charge is -2.06. The number of thioether (sulfide) groups is 1. The Balaban J connectivity index is 2.47. The highest BCUT2D eigenvalue weighted by Crippen LogP contribution is 2.22. The van der Waals surface area contributed by atoms with E-state index in [1.165, 1.54) is 6.07 Å². The minimum Gasteiger partial charge on any atom is -0.312 e. The topological polar surface area (TPSA) is 55.2 Å². The summed E-state index contributed by atoms with van der Waals surface area (Å²) in [4.78, 5) is 10.5. The summed E-state index contributed by atoms with van der Waals surface area (Å²) in [6, 6.07) is 4.98. The standard InChI is InChI=1S/C12H15BrN2O2S/c1-2-6-18-7-5-14-9-10-8-11(13)3-4-12(10)15(16)17/h2-4,8,14H,1,5-7,9H2. The molecule has 98 valence electrons. The highest BCUT2D eigenvalue weighted by molar-refractivity contribution is 9.10. The highest BCUT2D eigenvalue weighted by Gasteiger charge is 2.12. The molecule has 0 saturated carbocycles. The molecule has 0 bridgehead atoms. The third-order valence-corrected chi connectivity index (χ3v) is 3.67. The van der Waals surface area contributed by atoms with Gasteiger partial charge < -0.3 is 5.32 Å². The third kappa shape index (κ3) is 5.20. The Kier molecular flexibility index (Phi) is 7.00. The van der Waals surface area contributed by atoms with Crippen molar-refractivity contribution in [3.63, 3.8) is 0 Å². The van der Waals surface area contributed by atoms with Crippen LogP contribution in [0.15, 0.2) is 35.3 Å². The quantitative estimate of drug-likeness (QED) is 0.343. The van der Waals surface area contributed by atoms with Crippen molar-refractivity contribution in [3.8, 4) is 0 Å². The van der Waals surface area contributed by atoms with Gasteiger partial charge in [0.2, 0.25) is 0 Å². The predicted octanol–water partition coefficient (Wildman–Crippen LogP) is 3.37. The maximum Gasteiger partial charge on any atom is 0.273 e. The van der Waals surface area contributed by atoms with Gasteiger partial charge in [0.1, 0.15) is 0 Å². The van der Waals surface area contributed by atoms with Crippen LogP contribution < -0.4 is 5.32 Å². The number of nitro groups is 1. The molecular weight excluding hydrogens is 316 g/mol. The van der Waals surface area contributed by atoms with Gasteiger partial charge in [-0.1, -0.05) is 22.0 Å². The van der Waals surface area contributed by atoms with Crippen molar-refractivity contribution in [2.45, 2.75) is 6.54 Å². The molecule has 0 radical (unpaired) electrons. The smallest absolute Gasteiger partial charge is 0.273 e. The summed E-state index contributed by atoms with van der Waals surface area (Å²) in [6.07, 6.45) is 1.86. The van der Waals surface area contributed by atoms with Crippen LogP contribution in [0.5, 0.6) is 0 Å². The maximum atomic E-state index is 10.9. The number of nitrogens with zero attached hydrogens (tertiary/aromatic N) is 1. The maximum absolute atomic E-state index is 10.9. The SMILES string of the molecule is C=CCSCCNCc1cc(Br)ccc1[N+](=O)[O-]. The van der Waals surface area contributed by atoms with E-state index in [-0.39, 0.29) is 10.6 Å². The minimum atomic E-state index is -0.351. The van der Waals surface area contributed by atoms with Gasteiger partial charge in [-0.05, 0) is 12.1 Å². The Hall–Kier alpha value is -0.850. The van der Waals surface area contributed by atoms with Gasteiger partial charge >= 0.3 is 0 Å². The Morgan fingerprint density at radius 1 is 1.56 bits per heavy atom. The van der Waals surface area contributed by atoms with Gasteiger partial charge in [-0.25, -0.2) is 0 Å². The van der Waals surface area contributed by atoms with E-state index in [1.54, 1.807) is 23.9 Å². The first-order valence-electron chi connectivity index (χ1n) is 5.47. The molecule has 0 unspecified atom stereocenters. The molecule has 1 rings (SSSR count). The van der Waals surface area contributed by atoms with Crippen LogP contribution in [-0.4, -0.2) is 23.0 Å². The van der Waals surface area contributed by atoms with Crippen LogP contribution in [0.2, 0.25) is 0 Å². The molecule has 0 spiro atoms. The van der Waals surface area contributed by atoms with E-state index in [4.69, 9.17) is 0 Å². The Morgan fingerprint density at radius 2 is 2.33 bits per heavy atom. The van der Waals surface area contributed by atoms with E-state index in [0.717, 1.165) is 22.5 Å². The van der Waals surface area contributed by atoms with Crippen LogP contribution >= 0.6 is 27.7 Å². The van der Waals surface area contributed by atoms with Crippen LogP contribution in [0.25, 0.3) is 0 Å². The lowest BCUT2D eigenvalue weighted by atomic mass is 10.2. The number of hydrogen-bond donors (Lipinski definition) is 1. The highest BCUT2D eigenvalue weighted by atomic mass is 79.9. The molecule has 0 aliphatic carbocycles. The second kappa shape index (κ2) is 8.29. The van der Waals surface area contributed by atoms with Crippen molar-refractivity contribution >= 4 is 33.4 Å². The van der Waals surface area contributed by atoms with E-state index < -0.39 is 0 Å².